The van der Waals surface area contributed by atoms with Crippen molar-refractivity contribution >= 4 is 8.32 Å². The highest BCUT2D eigenvalue weighted by molar-refractivity contribution is 6.74. The largest absolute Gasteiger partial charge is 0.414 e. The first-order valence-electron chi connectivity index (χ1n) is 10.1. The smallest absolute Gasteiger partial charge is 0.192 e. The summed E-state index contributed by atoms with van der Waals surface area (Å²) in [6.45, 7) is 11.4. The summed E-state index contributed by atoms with van der Waals surface area (Å²) in [5.74, 6) is 6.03. The molecule has 1 N–H and O–H groups in total. The molecule has 0 saturated carbocycles. The van der Waals surface area contributed by atoms with E-state index in [1.54, 1.807) is 0 Å². The van der Waals surface area contributed by atoms with E-state index < -0.39 is 14.4 Å². The predicted molar refractivity (Wildman–Crippen MR) is 121 cm³/mol. The van der Waals surface area contributed by atoms with E-state index in [-0.39, 0.29) is 11.1 Å². The van der Waals surface area contributed by atoms with Gasteiger partial charge >= 0.3 is 0 Å². The minimum Gasteiger partial charge on any atom is -0.414 e. The Morgan fingerprint density at radius 2 is 1.50 bits per heavy atom. The molecule has 150 valence electrons. The predicted octanol–water partition coefficient (Wildman–Crippen LogP) is 5.81. The van der Waals surface area contributed by atoms with E-state index >= 15 is 0 Å². The molecule has 0 radical (unpaired) electrons. The molecule has 0 aliphatic heterocycles. The molecular formula is C25H34O2Si. The maximum Gasteiger partial charge on any atom is 0.192 e. The molecule has 0 aromatic heterocycles. The zero-order valence-electron chi connectivity index (χ0n) is 17.9. The Kier molecular flexibility index (Phi) is 8.06. The second-order valence-corrected chi connectivity index (χ2v) is 13.7. The third-order valence-corrected chi connectivity index (χ3v) is 10.0. The van der Waals surface area contributed by atoms with Crippen molar-refractivity contribution in [1.29, 1.82) is 0 Å². The number of hydrogen-bond acceptors (Lipinski definition) is 2. The minimum atomic E-state index is -1.88. The Bertz CT molecular complexity index is 767. The first kappa shape index (κ1) is 22.4. The fraction of sp³-hybridized carbons (Fsp3) is 0.440. The molecule has 1 unspecified atom stereocenters. The van der Waals surface area contributed by atoms with Gasteiger partial charge in [-0.2, -0.15) is 0 Å². The highest BCUT2D eigenvalue weighted by Crippen LogP contribution is 2.38. The Balaban J connectivity index is 2.03. The molecule has 0 aliphatic carbocycles. The summed E-state index contributed by atoms with van der Waals surface area (Å²) in [7, 11) is -1.88. The van der Waals surface area contributed by atoms with Crippen LogP contribution < -0.4 is 0 Å². The van der Waals surface area contributed by atoms with Crippen LogP contribution in [0.4, 0.5) is 0 Å². The average molecular weight is 395 g/mol. The van der Waals surface area contributed by atoms with E-state index in [9.17, 15) is 5.11 Å². The number of rotatable bonds is 7. The normalized spacial score (nSPS) is 14.1. The molecule has 2 aromatic carbocycles. The van der Waals surface area contributed by atoms with Crippen LogP contribution in [0.15, 0.2) is 60.7 Å². The number of hydrogen-bond donors (Lipinski definition) is 1. The Morgan fingerprint density at radius 1 is 0.929 bits per heavy atom. The first-order chi connectivity index (χ1) is 13.2. The van der Waals surface area contributed by atoms with Crippen LogP contribution in [0.2, 0.25) is 18.1 Å². The van der Waals surface area contributed by atoms with Gasteiger partial charge in [-0.25, -0.2) is 0 Å². The zero-order valence-corrected chi connectivity index (χ0v) is 18.9. The standard InChI is InChI=1S/C25H34O2Si/c1-25(2,3)28(4,5)27-24(20-22-14-10-7-11-15-22)19-18-23(26)17-16-21-12-8-6-9-13-21/h6-15,23-24,26H,18-20H2,1-5H3/t23?,24-/m1/s1. The lowest BCUT2D eigenvalue weighted by Gasteiger charge is -2.39. The molecule has 2 atom stereocenters. The van der Waals surface area contributed by atoms with Crippen LogP contribution in [-0.4, -0.2) is 25.6 Å². The third kappa shape index (κ3) is 7.28. The second kappa shape index (κ2) is 10.1. The fourth-order valence-corrected chi connectivity index (χ4v) is 4.17. The molecule has 2 rings (SSSR count). The summed E-state index contributed by atoms with van der Waals surface area (Å²) in [5.41, 5.74) is 2.20. The van der Waals surface area contributed by atoms with E-state index in [1.165, 1.54) is 5.56 Å². The molecule has 0 amide bonds. The van der Waals surface area contributed by atoms with Gasteiger partial charge in [-0.3, -0.25) is 0 Å². The van der Waals surface area contributed by atoms with E-state index in [4.69, 9.17) is 4.43 Å². The minimum absolute atomic E-state index is 0.0940. The highest BCUT2D eigenvalue weighted by Gasteiger charge is 2.39. The quantitative estimate of drug-likeness (QED) is 0.474. The fourth-order valence-electron chi connectivity index (χ4n) is 2.78. The Labute approximate surface area is 172 Å². The summed E-state index contributed by atoms with van der Waals surface area (Å²) in [4.78, 5) is 0. The van der Waals surface area contributed by atoms with Crippen molar-refractivity contribution in [3.05, 3.63) is 71.8 Å². The van der Waals surface area contributed by atoms with Crippen molar-refractivity contribution in [2.24, 2.45) is 0 Å². The van der Waals surface area contributed by atoms with Gasteiger partial charge in [0, 0.05) is 11.7 Å². The summed E-state index contributed by atoms with van der Waals surface area (Å²) in [6.07, 6.45) is 1.74. The SMILES string of the molecule is CC(C)(C)[Si](C)(C)O[C@H](CCC(O)C#Cc1ccccc1)Cc1ccccc1. The highest BCUT2D eigenvalue weighted by atomic mass is 28.4. The van der Waals surface area contributed by atoms with Gasteiger partial charge in [0.15, 0.2) is 8.32 Å². The lowest BCUT2D eigenvalue weighted by atomic mass is 10.0. The second-order valence-electron chi connectivity index (χ2n) is 8.92. The molecule has 0 spiro atoms. The number of aliphatic hydroxyl groups is 1. The van der Waals surface area contributed by atoms with Crippen LogP contribution >= 0.6 is 0 Å². The van der Waals surface area contributed by atoms with Crippen molar-refractivity contribution in [3.63, 3.8) is 0 Å². The maximum absolute atomic E-state index is 10.4. The topological polar surface area (TPSA) is 29.5 Å². The van der Waals surface area contributed by atoms with Gasteiger partial charge in [-0.05, 0) is 55.1 Å². The Morgan fingerprint density at radius 3 is 2.07 bits per heavy atom. The van der Waals surface area contributed by atoms with Crippen molar-refractivity contribution < 1.29 is 9.53 Å². The van der Waals surface area contributed by atoms with Gasteiger partial charge in [0.05, 0.1) is 0 Å². The molecule has 3 heteroatoms. The van der Waals surface area contributed by atoms with Crippen LogP contribution in [0.3, 0.4) is 0 Å². The van der Waals surface area contributed by atoms with Gasteiger partial charge in [-0.1, -0.05) is 81.1 Å². The van der Waals surface area contributed by atoms with Crippen LogP contribution in [0, 0.1) is 11.8 Å². The van der Waals surface area contributed by atoms with Crippen LogP contribution in [0.5, 0.6) is 0 Å². The summed E-state index contributed by atoms with van der Waals surface area (Å²) < 4.78 is 6.70. The molecule has 0 aliphatic rings. The summed E-state index contributed by atoms with van der Waals surface area (Å²) in [6, 6.07) is 20.3. The molecule has 2 nitrogen and oxygen atoms in total. The van der Waals surface area contributed by atoms with Gasteiger partial charge in [-0.15, -0.1) is 0 Å². The van der Waals surface area contributed by atoms with E-state index in [1.807, 2.05) is 36.4 Å². The van der Waals surface area contributed by atoms with E-state index in [2.05, 4.69) is 70.0 Å². The molecule has 2 aromatic rings. The molecule has 0 saturated heterocycles. The summed E-state index contributed by atoms with van der Waals surface area (Å²) in [5, 5.41) is 10.5. The molecular weight excluding hydrogens is 360 g/mol. The molecule has 0 fully saturated rings. The Hall–Kier alpha value is -1.86. The van der Waals surface area contributed by atoms with Gasteiger partial charge in [0.2, 0.25) is 0 Å². The van der Waals surface area contributed by atoms with Crippen molar-refractivity contribution in [2.75, 3.05) is 0 Å². The molecule has 0 bridgehead atoms. The lowest BCUT2D eigenvalue weighted by molar-refractivity contribution is 0.141. The molecule has 0 heterocycles. The monoisotopic (exact) mass is 394 g/mol. The average Bonchev–Trinajstić information content (AvgIpc) is 2.65. The van der Waals surface area contributed by atoms with Gasteiger partial charge in [0.1, 0.15) is 6.10 Å². The summed E-state index contributed by atoms with van der Waals surface area (Å²) >= 11 is 0. The van der Waals surface area contributed by atoms with Gasteiger partial charge < -0.3 is 9.53 Å². The van der Waals surface area contributed by atoms with Crippen molar-refractivity contribution in [2.45, 2.75) is 70.4 Å². The third-order valence-electron chi connectivity index (χ3n) is 5.49. The van der Waals surface area contributed by atoms with Crippen LogP contribution in [0.1, 0.15) is 44.7 Å². The molecule has 28 heavy (non-hydrogen) atoms. The number of benzene rings is 2. The number of aliphatic hydroxyl groups excluding tert-OH is 1. The lowest BCUT2D eigenvalue weighted by Crippen LogP contribution is -2.44. The van der Waals surface area contributed by atoms with Crippen molar-refractivity contribution in [3.8, 4) is 11.8 Å². The van der Waals surface area contributed by atoms with E-state index in [0.29, 0.717) is 6.42 Å². The zero-order chi connectivity index (χ0) is 20.6. The first-order valence-corrected chi connectivity index (χ1v) is 13.0. The maximum atomic E-state index is 10.4. The van der Waals surface area contributed by atoms with Crippen molar-refractivity contribution in [1.82, 2.24) is 0 Å². The van der Waals surface area contributed by atoms with Crippen LogP contribution in [-0.2, 0) is 10.8 Å². The van der Waals surface area contributed by atoms with E-state index in [0.717, 1.165) is 18.4 Å². The van der Waals surface area contributed by atoms with Gasteiger partial charge in [0.25, 0.3) is 0 Å². The van der Waals surface area contributed by atoms with Crippen LogP contribution in [0.25, 0.3) is 0 Å².